The summed E-state index contributed by atoms with van der Waals surface area (Å²) in [5.41, 5.74) is 1.23. The molecule has 0 aliphatic rings. The summed E-state index contributed by atoms with van der Waals surface area (Å²) in [5, 5.41) is 9.34. The van der Waals surface area contributed by atoms with Crippen molar-refractivity contribution in [2.24, 2.45) is 0 Å². The molecule has 0 spiro atoms. The van der Waals surface area contributed by atoms with Crippen LogP contribution >= 0.6 is 0 Å². The Labute approximate surface area is 110 Å². The lowest BCUT2D eigenvalue weighted by molar-refractivity contribution is 0.0940. The molecule has 2 atom stereocenters. The van der Waals surface area contributed by atoms with Gasteiger partial charge in [-0.15, -0.1) is 0 Å². The minimum Gasteiger partial charge on any atom is -0.508 e. The molecular weight excluding hydrogens is 226 g/mol. The summed E-state index contributed by atoms with van der Waals surface area (Å²) >= 11 is 0. The summed E-state index contributed by atoms with van der Waals surface area (Å²) in [4.78, 5) is 2.44. The lowest BCUT2D eigenvalue weighted by atomic mass is 10.0. The van der Waals surface area contributed by atoms with Crippen LogP contribution in [0, 0.1) is 0 Å². The van der Waals surface area contributed by atoms with Crippen LogP contribution in [0.4, 0.5) is 0 Å². The minimum absolute atomic E-state index is 0.318. The zero-order chi connectivity index (χ0) is 13.5. The van der Waals surface area contributed by atoms with E-state index in [0.717, 1.165) is 19.6 Å². The van der Waals surface area contributed by atoms with E-state index in [1.807, 2.05) is 12.1 Å². The average Bonchev–Trinajstić information content (AvgIpc) is 2.39. The molecule has 0 fully saturated rings. The molecule has 0 radical (unpaired) electrons. The highest BCUT2D eigenvalue weighted by molar-refractivity contribution is 5.27. The zero-order valence-electron chi connectivity index (χ0n) is 11.9. The van der Waals surface area contributed by atoms with E-state index in [1.54, 1.807) is 19.2 Å². The van der Waals surface area contributed by atoms with Crippen LogP contribution in [0.25, 0.3) is 0 Å². The minimum atomic E-state index is 0.318. The van der Waals surface area contributed by atoms with Crippen LogP contribution in [0.2, 0.25) is 0 Å². The number of phenolic OH excluding ortho intramolecular Hbond substituents is 1. The van der Waals surface area contributed by atoms with Crippen molar-refractivity contribution >= 4 is 0 Å². The summed E-state index contributed by atoms with van der Waals surface area (Å²) in [7, 11) is 1.74. The van der Waals surface area contributed by atoms with Gasteiger partial charge in [0.05, 0.1) is 6.61 Å². The number of hydrogen-bond donors (Lipinski definition) is 1. The molecule has 0 saturated carbocycles. The Morgan fingerprint density at radius 2 is 1.83 bits per heavy atom. The molecule has 3 heteroatoms. The maximum Gasteiger partial charge on any atom is 0.115 e. The van der Waals surface area contributed by atoms with E-state index < -0.39 is 0 Å². The number of aromatic hydroxyl groups is 1. The van der Waals surface area contributed by atoms with Gasteiger partial charge in [-0.05, 0) is 38.0 Å². The topological polar surface area (TPSA) is 32.7 Å². The van der Waals surface area contributed by atoms with Crippen molar-refractivity contribution in [3.8, 4) is 5.75 Å². The van der Waals surface area contributed by atoms with Crippen LogP contribution in [-0.2, 0) is 4.74 Å². The molecule has 0 aromatic heterocycles. The van der Waals surface area contributed by atoms with Crippen molar-refractivity contribution in [1.82, 2.24) is 4.90 Å². The first-order valence-electron chi connectivity index (χ1n) is 6.63. The monoisotopic (exact) mass is 251 g/mol. The van der Waals surface area contributed by atoms with E-state index in [9.17, 15) is 5.11 Å². The first kappa shape index (κ1) is 15.0. The van der Waals surface area contributed by atoms with Crippen molar-refractivity contribution in [2.45, 2.75) is 39.3 Å². The van der Waals surface area contributed by atoms with E-state index >= 15 is 0 Å². The van der Waals surface area contributed by atoms with E-state index in [4.69, 9.17) is 4.74 Å². The van der Waals surface area contributed by atoms with Gasteiger partial charge in [0, 0.05) is 25.7 Å². The number of nitrogens with zero attached hydrogens (tertiary/aromatic N) is 1. The van der Waals surface area contributed by atoms with Gasteiger partial charge in [-0.25, -0.2) is 0 Å². The lowest BCUT2D eigenvalue weighted by Crippen LogP contribution is -2.37. The number of phenols is 1. The number of ether oxygens (including phenoxy) is 1. The predicted octanol–water partition coefficient (Wildman–Crippen LogP) is 3.20. The van der Waals surface area contributed by atoms with Gasteiger partial charge in [0.15, 0.2) is 0 Å². The maximum atomic E-state index is 9.34. The fraction of sp³-hybridized carbons (Fsp3) is 0.600. The molecule has 1 rings (SSSR count). The highest BCUT2D eigenvalue weighted by atomic mass is 16.5. The Morgan fingerprint density at radius 1 is 1.22 bits per heavy atom. The van der Waals surface area contributed by atoms with Crippen LogP contribution in [-0.4, -0.2) is 36.3 Å². The van der Waals surface area contributed by atoms with Crippen molar-refractivity contribution in [2.75, 3.05) is 20.3 Å². The molecule has 0 aliphatic carbocycles. The highest BCUT2D eigenvalue weighted by Gasteiger charge is 2.19. The third kappa shape index (κ3) is 4.00. The molecule has 0 amide bonds. The first-order chi connectivity index (χ1) is 8.60. The maximum absolute atomic E-state index is 9.34. The fourth-order valence-electron chi connectivity index (χ4n) is 2.17. The molecule has 1 aromatic rings. The second-order valence-electron chi connectivity index (χ2n) is 4.76. The van der Waals surface area contributed by atoms with E-state index in [-0.39, 0.29) is 0 Å². The van der Waals surface area contributed by atoms with Crippen molar-refractivity contribution in [3.63, 3.8) is 0 Å². The number of methoxy groups -OCH3 is 1. The zero-order valence-corrected chi connectivity index (χ0v) is 11.9. The van der Waals surface area contributed by atoms with Crippen molar-refractivity contribution in [3.05, 3.63) is 29.8 Å². The van der Waals surface area contributed by atoms with Crippen LogP contribution in [0.3, 0.4) is 0 Å². The second kappa shape index (κ2) is 7.39. The molecule has 0 aliphatic heterocycles. The van der Waals surface area contributed by atoms with Gasteiger partial charge < -0.3 is 9.84 Å². The smallest absolute Gasteiger partial charge is 0.115 e. The lowest BCUT2D eigenvalue weighted by Gasteiger charge is -2.34. The van der Waals surface area contributed by atoms with Gasteiger partial charge in [0.1, 0.15) is 5.75 Å². The summed E-state index contributed by atoms with van der Waals surface area (Å²) in [6.07, 6.45) is 1.12. The van der Waals surface area contributed by atoms with Gasteiger partial charge in [-0.1, -0.05) is 19.1 Å². The average molecular weight is 251 g/mol. The Kier molecular flexibility index (Phi) is 6.16. The van der Waals surface area contributed by atoms with Crippen LogP contribution in [0.1, 0.15) is 38.8 Å². The molecule has 18 heavy (non-hydrogen) atoms. The molecule has 0 saturated heterocycles. The summed E-state index contributed by atoms with van der Waals surface area (Å²) in [6, 6.07) is 8.32. The fourth-order valence-corrected chi connectivity index (χ4v) is 2.17. The second-order valence-corrected chi connectivity index (χ2v) is 4.76. The summed E-state index contributed by atoms with van der Waals surface area (Å²) in [5.74, 6) is 0.318. The van der Waals surface area contributed by atoms with E-state index in [0.29, 0.717) is 17.8 Å². The normalized spacial score (nSPS) is 14.7. The Hall–Kier alpha value is -1.06. The quantitative estimate of drug-likeness (QED) is 0.807. The number of benzene rings is 1. The first-order valence-corrected chi connectivity index (χ1v) is 6.63. The van der Waals surface area contributed by atoms with Crippen LogP contribution in [0.5, 0.6) is 5.75 Å². The van der Waals surface area contributed by atoms with Crippen molar-refractivity contribution < 1.29 is 9.84 Å². The number of hydrogen-bond acceptors (Lipinski definition) is 3. The third-order valence-corrected chi connectivity index (χ3v) is 3.58. The van der Waals surface area contributed by atoms with Gasteiger partial charge in [-0.3, -0.25) is 4.90 Å². The van der Waals surface area contributed by atoms with Crippen LogP contribution in [0.15, 0.2) is 24.3 Å². The Balaban J connectivity index is 2.80. The van der Waals surface area contributed by atoms with Crippen LogP contribution < -0.4 is 0 Å². The molecule has 0 heterocycles. The molecule has 0 bridgehead atoms. The van der Waals surface area contributed by atoms with Gasteiger partial charge in [-0.2, -0.15) is 0 Å². The van der Waals surface area contributed by atoms with E-state index in [1.165, 1.54) is 5.56 Å². The standard InChI is InChI=1S/C15H25NO2/c1-5-12(2)16(10-11-18-4)13(3)14-6-8-15(17)9-7-14/h6-9,12-13,17H,5,10-11H2,1-4H3. The molecule has 2 unspecified atom stereocenters. The summed E-state index contributed by atoms with van der Waals surface area (Å²) < 4.78 is 5.19. The molecule has 102 valence electrons. The van der Waals surface area contributed by atoms with Gasteiger partial charge >= 0.3 is 0 Å². The molecular formula is C15H25NO2. The molecule has 3 nitrogen and oxygen atoms in total. The SMILES string of the molecule is CCC(C)N(CCOC)C(C)c1ccc(O)cc1. The molecule has 1 N–H and O–H groups in total. The largest absolute Gasteiger partial charge is 0.508 e. The third-order valence-electron chi connectivity index (χ3n) is 3.58. The van der Waals surface area contributed by atoms with Gasteiger partial charge in [0.2, 0.25) is 0 Å². The Bertz CT molecular complexity index is 337. The summed E-state index contributed by atoms with van der Waals surface area (Å²) in [6.45, 7) is 8.31. The van der Waals surface area contributed by atoms with E-state index in [2.05, 4.69) is 25.7 Å². The number of rotatable bonds is 7. The molecule has 1 aromatic carbocycles. The highest BCUT2D eigenvalue weighted by Crippen LogP contribution is 2.24. The van der Waals surface area contributed by atoms with Gasteiger partial charge in [0.25, 0.3) is 0 Å². The van der Waals surface area contributed by atoms with Crippen molar-refractivity contribution in [1.29, 1.82) is 0 Å². The predicted molar refractivity (Wildman–Crippen MR) is 74.9 cm³/mol. The Morgan fingerprint density at radius 3 is 2.33 bits per heavy atom.